The average molecular weight is 290 g/mol. The molecule has 0 amide bonds. The van der Waals surface area contributed by atoms with Crippen molar-refractivity contribution in [1.29, 1.82) is 0 Å². The van der Waals surface area contributed by atoms with Crippen molar-refractivity contribution < 1.29 is 0 Å². The van der Waals surface area contributed by atoms with E-state index < -0.39 is 0 Å². The molecule has 0 radical (unpaired) electrons. The number of hydrazone groups is 1. The van der Waals surface area contributed by atoms with Crippen LogP contribution in [0.1, 0.15) is 30.9 Å². The van der Waals surface area contributed by atoms with Crippen molar-refractivity contribution in [2.24, 2.45) is 5.10 Å². The molecule has 0 aliphatic carbocycles. The Morgan fingerprint density at radius 3 is 2.59 bits per heavy atom. The molecule has 0 atom stereocenters. The summed E-state index contributed by atoms with van der Waals surface area (Å²) in [6, 6.07) is 16.3. The topological polar surface area (TPSA) is 50.2 Å². The van der Waals surface area contributed by atoms with Gasteiger partial charge in [-0.25, -0.2) is 0 Å². The molecular weight excluding hydrogens is 272 g/mol. The first kappa shape index (κ1) is 14.2. The molecule has 0 saturated heterocycles. The van der Waals surface area contributed by atoms with Crippen LogP contribution in [0.5, 0.6) is 0 Å². The number of benzene rings is 2. The largest absolute Gasteiger partial charge is 0.259 e. The van der Waals surface area contributed by atoms with E-state index in [4.69, 9.17) is 0 Å². The van der Waals surface area contributed by atoms with Gasteiger partial charge in [-0.3, -0.25) is 5.43 Å². The van der Waals surface area contributed by atoms with E-state index in [2.05, 4.69) is 58.8 Å². The maximum absolute atomic E-state index is 4.26. The number of anilines is 1. The Morgan fingerprint density at radius 1 is 1.05 bits per heavy atom. The summed E-state index contributed by atoms with van der Waals surface area (Å²) in [4.78, 5) is 0. The molecule has 0 aliphatic rings. The first-order chi connectivity index (χ1) is 10.7. The Hall–Kier alpha value is -2.75. The van der Waals surface area contributed by atoms with Gasteiger partial charge in [0.15, 0.2) is 5.82 Å². The predicted octanol–water partition coefficient (Wildman–Crippen LogP) is 4.20. The van der Waals surface area contributed by atoms with Gasteiger partial charge in [0.05, 0.1) is 12.4 Å². The van der Waals surface area contributed by atoms with Crippen LogP contribution in [0.15, 0.2) is 59.8 Å². The van der Waals surface area contributed by atoms with Crippen molar-refractivity contribution in [3.63, 3.8) is 0 Å². The first-order valence-electron chi connectivity index (χ1n) is 7.33. The van der Waals surface area contributed by atoms with Gasteiger partial charge in [-0.05, 0) is 17.0 Å². The van der Waals surface area contributed by atoms with E-state index in [0.29, 0.717) is 11.7 Å². The molecule has 0 spiro atoms. The Kier molecular flexibility index (Phi) is 4.10. The number of nitrogens with one attached hydrogen (secondary N) is 1. The molecule has 1 heterocycles. The van der Waals surface area contributed by atoms with Crippen molar-refractivity contribution in [1.82, 2.24) is 10.2 Å². The van der Waals surface area contributed by atoms with Crippen LogP contribution in [0, 0.1) is 0 Å². The van der Waals surface area contributed by atoms with Crippen LogP contribution in [0.3, 0.4) is 0 Å². The second kappa shape index (κ2) is 6.35. The monoisotopic (exact) mass is 290 g/mol. The highest BCUT2D eigenvalue weighted by atomic mass is 15.3. The smallest absolute Gasteiger partial charge is 0.176 e. The summed E-state index contributed by atoms with van der Waals surface area (Å²) in [6.07, 6.45) is 3.53. The van der Waals surface area contributed by atoms with E-state index in [0.717, 1.165) is 16.3 Å². The molecular formula is C18H18N4. The van der Waals surface area contributed by atoms with E-state index in [1.165, 1.54) is 5.56 Å². The van der Waals surface area contributed by atoms with Crippen LogP contribution in [-0.2, 0) is 0 Å². The van der Waals surface area contributed by atoms with Gasteiger partial charge in [-0.15, -0.1) is 5.10 Å². The molecule has 0 unspecified atom stereocenters. The Bertz CT molecular complexity index is 786. The summed E-state index contributed by atoms with van der Waals surface area (Å²) in [6.45, 7) is 4.37. The summed E-state index contributed by atoms with van der Waals surface area (Å²) in [5.74, 6) is 1.20. The summed E-state index contributed by atoms with van der Waals surface area (Å²) >= 11 is 0. The van der Waals surface area contributed by atoms with Crippen molar-refractivity contribution in [3.05, 3.63) is 65.9 Å². The zero-order chi connectivity index (χ0) is 15.4. The maximum Gasteiger partial charge on any atom is 0.176 e. The Labute approximate surface area is 129 Å². The van der Waals surface area contributed by atoms with Crippen molar-refractivity contribution in [2.75, 3.05) is 5.43 Å². The number of fused-ring (bicyclic) bond motifs is 1. The molecule has 0 saturated carbocycles. The van der Waals surface area contributed by atoms with Gasteiger partial charge in [0.25, 0.3) is 0 Å². The average Bonchev–Trinajstić information content (AvgIpc) is 2.55. The minimum Gasteiger partial charge on any atom is -0.259 e. The molecule has 3 rings (SSSR count). The van der Waals surface area contributed by atoms with Crippen LogP contribution in [0.2, 0.25) is 0 Å². The highest BCUT2D eigenvalue weighted by Gasteiger charge is 2.01. The third-order valence-corrected chi connectivity index (χ3v) is 3.56. The summed E-state index contributed by atoms with van der Waals surface area (Å²) < 4.78 is 0. The van der Waals surface area contributed by atoms with Gasteiger partial charge in [0, 0.05) is 10.8 Å². The molecule has 0 aliphatic heterocycles. The Balaban J connectivity index is 1.76. The lowest BCUT2D eigenvalue weighted by Gasteiger charge is -2.05. The number of hydrogen-bond donors (Lipinski definition) is 1. The van der Waals surface area contributed by atoms with Gasteiger partial charge in [0.2, 0.25) is 0 Å². The van der Waals surface area contributed by atoms with Gasteiger partial charge >= 0.3 is 0 Å². The van der Waals surface area contributed by atoms with E-state index in [1.807, 2.05) is 24.3 Å². The second-order valence-electron chi connectivity index (χ2n) is 5.47. The normalized spacial score (nSPS) is 11.4. The van der Waals surface area contributed by atoms with Crippen molar-refractivity contribution >= 4 is 22.8 Å². The van der Waals surface area contributed by atoms with E-state index >= 15 is 0 Å². The molecule has 22 heavy (non-hydrogen) atoms. The van der Waals surface area contributed by atoms with Gasteiger partial charge in [-0.2, -0.15) is 10.2 Å². The quantitative estimate of drug-likeness (QED) is 0.578. The fourth-order valence-corrected chi connectivity index (χ4v) is 2.25. The third-order valence-electron chi connectivity index (χ3n) is 3.56. The van der Waals surface area contributed by atoms with Crippen molar-refractivity contribution in [2.45, 2.75) is 19.8 Å². The van der Waals surface area contributed by atoms with Gasteiger partial charge < -0.3 is 0 Å². The minimum atomic E-state index is 0.537. The molecule has 1 aromatic heterocycles. The highest BCUT2D eigenvalue weighted by Crippen LogP contribution is 2.19. The minimum absolute atomic E-state index is 0.537. The zero-order valence-electron chi connectivity index (χ0n) is 12.7. The Morgan fingerprint density at radius 2 is 1.82 bits per heavy atom. The first-order valence-corrected chi connectivity index (χ1v) is 7.33. The molecule has 4 heteroatoms. The number of aromatic nitrogens is 2. The third kappa shape index (κ3) is 3.11. The lowest BCUT2D eigenvalue weighted by Crippen LogP contribution is -1.96. The zero-order valence-corrected chi connectivity index (χ0v) is 12.7. The molecule has 110 valence electrons. The molecule has 0 bridgehead atoms. The maximum atomic E-state index is 4.26. The SMILES string of the molecule is CC(C)c1ccc(/C=N\Nc2nncc3ccccc23)cc1. The van der Waals surface area contributed by atoms with Gasteiger partial charge in [-0.1, -0.05) is 62.4 Å². The van der Waals surface area contributed by atoms with Crippen LogP contribution in [0.25, 0.3) is 10.8 Å². The molecule has 1 N–H and O–H groups in total. The summed E-state index contributed by atoms with van der Waals surface area (Å²) in [5, 5.41) is 14.4. The fourth-order valence-electron chi connectivity index (χ4n) is 2.25. The highest BCUT2D eigenvalue weighted by molar-refractivity contribution is 5.91. The standard InChI is InChI=1S/C18H18N4/c1-13(2)15-9-7-14(8-10-15)11-19-21-18-17-6-4-3-5-16(17)12-20-22-18/h3-13H,1-2H3,(H,21,22)/b19-11-. The van der Waals surface area contributed by atoms with Crippen LogP contribution < -0.4 is 5.43 Å². The lowest BCUT2D eigenvalue weighted by molar-refractivity contribution is 0.866. The molecule has 3 aromatic rings. The van der Waals surface area contributed by atoms with Gasteiger partial charge in [0.1, 0.15) is 0 Å². The number of hydrogen-bond acceptors (Lipinski definition) is 4. The number of nitrogens with zero attached hydrogens (tertiary/aromatic N) is 3. The van der Waals surface area contributed by atoms with Crippen LogP contribution in [-0.4, -0.2) is 16.4 Å². The van der Waals surface area contributed by atoms with Crippen LogP contribution >= 0.6 is 0 Å². The van der Waals surface area contributed by atoms with E-state index in [1.54, 1.807) is 12.4 Å². The fraction of sp³-hybridized carbons (Fsp3) is 0.167. The molecule has 0 fully saturated rings. The second-order valence-corrected chi connectivity index (χ2v) is 5.47. The van der Waals surface area contributed by atoms with E-state index in [-0.39, 0.29) is 0 Å². The number of rotatable bonds is 4. The van der Waals surface area contributed by atoms with Crippen LogP contribution in [0.4, 0.5) is 5.82 Å². The predicted molar refractivity (Wildman–Crippen MR) is 91.3 cm³/mol. The molecule has 2 aromatic carbocycles. The summed E-state index contributed by atoms with van der Waals surface area (Å²) in [5.41, 5.74) is 5.34. The lowest BCUT2D eigenvalue weighted by atomic mass is 10.0. The van der Waals surface area contributed by atoms with E-state index in [9.17, 15) is 0 Å². The molecule has 4 nitrogen and oxygen atoms in total. The van der Waals surface area contributed by atoms with Crippen molar-refractivity contribution in [3.8, 4) is 0 Å². The summed E-state index contributed by atoms with van der Waals surface area (Å²) in [7, 11) is 0.